The number of pyridine rings is 1. The molecule has 1 unspecified atom stereocenters. The van der Waals surface area contributed by atoms with E-state index in [4.69, 9.17) is 0 Å². The number of rotatable bonds is 5. The molecular weight excluding hydrogens is 222 g/mol. The Balaban J connectivity index is 1.56. The number of nitrogens with one attached hydrogen (secondary N) is 1. The largest absolute Gasteiger partial charge is 0.312 e. The average molecular weight is 245 g/mol. The maximum atomic E-state index is 4.09. The highest BCUT2D eigenvalue weighted by molar-refractivity contribution is 5.09. The molecule has 2 heterocycles. The van der Waals surface area contributed by atoms with Gasteiger partial charge in [0.25, 0.3) is 0 Å². The SMILES string of the molecule is c1cc(CN2CCCCC2CNC2CC2)ccn1. The Bertz CT molecular complexity index is 361. The lowest BCUT2D eigenvalue weighted by molar-refractivity contribution is 0.137. The Morgan fingerprint density at radius 1 is 1.17 bits per heavy atom. The summed E-state index contributed by atoms with van der Waals surface area (Å²) in [5, 5.41) is 3.69. The van der Waals surface area contributed by atoms with Crippen molar-refractivity contribution in [1.29, 1.82) is 0 Å². The van der Waals surface area contributed by atoms with Crippen molar-refractivity contribution in [1.82, 2.24) is 15.2 Å². The van der Waals surface area contributed by atoms with Crippen molar-refractivity contribution in [2.45, 2.75) is 50.7 Å². The van der Waals surface area contributed by atoms with E-state index in [9.17, 15) is 0 Å². The summed E-state index contributed by atoms with van der Waals surface area (Å²) in [6.07, 6.45) is 10.7. The van der Waals surface area contributed by atoms with Crippen molar-refractivity contribution < 1.29 is 0 Å². The van der Waals surface area contributed by atoms with Gasteiger partial charge in [-0.25, -0.2) is 0 Å². The van der Waals surface area contributed by atoms with Gasteiger partial charge in [0.1, 0.15) is 0 Å². The van der Waals surface area contributed by atoms with Crippen LogP contribution < -0.4 is 5.32 Å². The van der Waals surface area contributed by atoms with Crippen LogP contribution in [-0.4, -0.2) is 35.1 Å². The highest BCUT2D eigenvalue weighted by atomic mass is 15.2. The summed E-state index contributed by atoms with van der Waals surface area (Å²) >= 11 is 0. The molecule has 0 spiro atoms. The molecule has 1 aliphatic heterocycles. The molecule has 0 aromatic carbocycles. The van der Waals surface area contributed by atoms with Crippen molar-refractivity contribution in [2.75, 3.05) is 13.1 Å². The van der Waals surface area contributed by atoms with Crippen LogP contribution >= 0.6 is 0 Å². The fraction of sp³-hybridized carbons (Fsp3) is 0.667. The Morgan fingerprint density at radius 2 is 2.00 bits per heavy atom. The standard InChI is InChI=1S/C15H23N3/c1-2-10-18(12-13-6-8-16-9-7-13)15(3-1)11-17-14-4-5-14/h6-9,14-15,17H,1-5,10-12H2. The zero-order chi connectivity index (χ0) is 12.2. The van der Waals surface area contributed by atoms with Crippen LogP contribution in [0.2, 0.25) is 0 Å². The number of aromatic nitrogens is 1. The van der Waals surface area contributed by atoms with Gasteiger partial charge >= 0.3 is 0 Å². The predicted molar refractivity (Wildman–Crippen MR) is 73.3 cm³/mol. The third kappa shape index (κ3) is 3.30. The molecule has 2 aliphatic rings. The number of hydrogen-bond donors (Lipinski definition) is 1. The summed E-state index contributed by atoms with van der Waals surface area (Å²) in [7, 11) is 0. The van der Waals surface area contributed by atoms with Gasteiger partial charge < -0.3 is 5.32 Å². The van der Waals surface area contributed by atoms with Gasteiger partial charge in [0.2, 0.25) is 0 Å². The number of likely N-dealkylation sites (tertiary alicyclic amines) is 1. The lowest BCUT2D eigenvalue weighted by Crippen LogP contribution is -2.45. The molecule has 1 aromatic rings. The van der Waals surface area contributed by atoms with Gasteiger partial charge in [-0.15, -0.1) is 0 Å². The van der Waals surface area contributed by atoms with E-state index in [1.807, 2.05) is 12.4 Å². The molecule has 18 heavy (non-hydrogen) atoms. The Morgan fingerprint density at radius 3 is 2.78 bits per heavy atom. The van der Waals surface area contributed by atoms with E-state index in [1.165, 1.54) is 50.8 Å². The van der Waals surface area contributed by atoms with E-state index in [0.717, 1.165) is 18.6 Å². The van der Waals surface area contributed by atoms with Gasteiger partial charge in [-0.2, -0.15) is 0 Å². The van der Waals surface area contributed by atoms with E-state index in [-0.39, 0.29) is 0 Å². The molecule has 1 saturated carbocycles. The predicted octanol–water partition coefficient (Wildman–Crippen LogP) is 2.19. The minimum absolute atomic E-state index is 0.729. The van der Waals surface area contributed by atoms with Gasteiger partial charge in [-0.05, 0) is 49.9 Å². The van der Waals surface area contributed by atoms with Gasteiger partial charge in [0.05, 0.1) is 0 Å². The minimum atomic E-state index is 0.729. The molecule has 1 saturated heterocycles. The van der Waals surface area contributed by atoms with Gasteiger partial charge in [0, 0.05) is 37.6 Å². The highest BCUT2D eigenvalue weighted by Crippen LogP contribution is 2.22. The van der Waals surface area contributed by atoms with Crippen LogP contribution in [0.25, 0.3) is 0 Å². The molecule has 1 atom stereocenters. The van der Waals surface area contributed by atoms with E-state index < -0.39 is 0 Å². The molecule has 2 fully saturated rings. The second-order valence-corrected chi connectivity index (χ2v) is 5.66. The molecule has 1 N–H and O–H groups in total. The molecule has 1 aromatic heterocycles. The average Bonchev–Trinajstić information content (AvgIpc) is 3.23. The van der Waals surface area contributed by atoms with Crippen LogP contribution in [-0.2, 0) is 6.54 Å². The van der Waals surface area contributed by atoms with Crippen molar-refractivity contribution in [3.8, 4) is 0 Å². The zero-order valence-electron chi connectivity index (χ0n) is 11.0. The minimum Gasteiger partial charge on any atom is -0.312 e. The summed E-state index contributed by atoms with van der Waals surface area (Å²) in [4.78, 5) is 6.74. The summed E-state index contributed by atoms with van der Waals surface area (Å²) in [5.74, 6) is 0. The van der Waals surface area contributed by atoms with Gasteiger partial charge in [0.15, 0.2) is 0 Å². The van der Waals surface area contributed by atoms with Crippen LogP contribution in [0, 0.1) is 0 Å². The molecule has 0 amide bonds. The third-order valence-electron chi connectivity index (χ3n) is 4.10. The molecule has 3 rings (SSSR count). The Hall–Kier alpha value is -0.930. The lowest BCUT2D eigenvalue weighted by Gasteiger charge is -2.36. The second-order valence-electron chi connectivity index (χ2n) is 5.66. The topological polar surface area (TPSA) is 28.2 Å². The molecule has 0 radical (unpaired) electrons. The molecule has 0 bridgehead atoms. The van der Waals surface area contributed by atoms with Crippen LogP contribution in [0.5, 0.6) is 0 Å². The molecular formula is C15H23N3. The van der Waals surface area contributed by atoms with Crippen LogP contribution in [0.1, 0.15) is 37.7 Å². The third-order valence-corrected chi connectivity index (χ3v) is 4.10. The molecule has 98 valence electrons. The fourth-order valence-electron chi connectivity index (χ4n) is 2.81. The maximum absolute atomic E-state index is 4.09. The first-order chi connectivity index (χ1) is 8.92. The number of piperidine rings is 1. The summed E-state index contributed by atoms with van der Waals surface area (Å²) in [5.41, 5.74) is 1.39. The maximum Gasteiger partial charge on any atom is 0.0271 e. The van der Waals surface area contributed by atoms with Crippen molar-refractivity contribution in [3.63, 3.8) is 0 Å². The molecule has 3 nitrogen and oxygen atoms in total. The number of nitrogens with zero attached hydrogens (tertiary/aromatic N) is 2. The number of hydrogen-bond acceptors (Lipinski definition) is 3. The monoisotopic (exact) mass is 245 g/mol. The van der Waals surface area contributed by atoms with E-state index in [2.05, 4.69) is 27.3 Å². The molecule has 1 aliphatic carbocycles. The van der Waals surface area contributed by atoms with Gasteiger partial charge in [-0.3, -0.25) is 9.88 Å². The smallest absolute Gasteiger partial charge is 0.0271 e. The highest BCUT2D eigenvalue weighted by Gasteiger charge is 2.26. The second kappa shape index (κ2) is 5.81. The van der Waals surface area contributed by atoms with E-state index in [0.29, 0.717) is 0 Å². The van der Waals surface area contributed by atoms with Crippen LogP contribution in [0.4, 0.5) is 0 Å². The zero-order valence-corrected chi connectivity index (χ0v) is 11.0. The first kappa shape index (κ1) is 12.1. The quantitative estimate of drug-likeness (QED) is 0.862. The van der Waals surface area contributed by atoms with Crippen molar-refractivity contribution in [3.05, 3.63) is 30.1 Å². The fourth-order valence-corrected chi connectivity index (χ4v) is 2.81. The first-order valence-electron chi connectivity index (χ1n) is 7.28. The summed E-state index contributed by atoms with van der Waals surface area (Å²) in [6.45, 7) is 3.51. The van der Waals surface area contributed by atoms with E-state index in [1.54, 1.807) is 0 Å². The normalized spacial score (nSPS) is 25.2. The summed E-state index contributed by atoms with van der Waals surface area (Å²) < 4.78 is 0. The lowest BCUT2D eigenvalue weighted by atomic mass is 10.0. The van der Waals surface area contributed by atoms with E-state index >= 15 is 0 Å². The van der Waals surface area contributed by atoms with Crippen LogP contribution in [0.3, 0.4) is 0 Å². The summed E-state index contributed by atoms with van der Waals surface area (Å²) in [6, 6.07) is 5.84. The van der Waals surface area contributed by atoms with Crippen LogP contribution in [0.15, 0.2) is 24.5 Å². The Kier molecular flexibility index (Phi) is 3.91. The van der Waals surface area contributed by atoms with Crippen molar-refractivity contribution in [2.24, 2.45) is 0 Å². The van der Waals surface area contributed by atoms with Gasteiger partial charge in [-0.1, -0.05) is 6.42 Å². The first-order valence-corrected chi connectivity index (χ1v) is 7.28. The Labute approximate surface area is 110 Å². The van der Waals surface area contributed by atoms with Crippen molar-refractivity contribution >= 4 is 0 Å². The molecule has 3 heteroatoms.